The van der Waals surface area contributed by atoms with Gasteiger partial charge in [-0.25, -0.2) is 4.79 Å². The van der Waals surface area contributed by atoms with Gasteiger partial charge in [-0.2, -0.15) is 15.8 Å². The van der Waals surface area contributed by atoms with Crippen molar-refractivity contribution in [3.63, 3.8) is 0 Å². The first-order chi connectivity index (χ1) is 9.03. The van der Waals surface area contributed by atoms with Gasteiger partial charge >= 0.3 is 5.97 Å². The second kappa shape index (κ2) is 6.07. The second-order valence-corrected chi connectivity index (χ2v) is 3.62. The number of hydrogen-bond acceptors (Lipinski definition) is 5. The van der Waals surface area contributed by atoms with Gasteiger partial charge in [0.05, 0.1) is 16.3 Å². The lowest BCUT2D eigenvalue weighted by Crippen LogP contribution is -2.02. The van der Waals surface area contributed by atoms with Crippen molar-refractivity contribution in [2.24, 2.45) is 0 Å². The molecule has 0 spiro atoms. The zero-order chi connectivity index (χ0) is 14.4. The van der Waals surface area contributed by atoms with Crippen LogP contribution in [-0.2, 0) is 0 Å². The number of hydrogen-bond donors (Lipinski definition) is 2. The smallest absolute Gasteiger partial charge is 0.335 e. The molecule has 0 heterocycles. The Labute approximate surface area is 113 Å². The summed E-state index contributed by atoms with van der Waals surface area (Å²) in [6.45, 7) is 0. The van der Waals surface area contributed by atoms with Gasteiger partial charge in [0.25, 0.3) is 0 Å². The Balaban J connectivity index is 3.19. The molecule has 2 N–H and O–H groups in total. The topological polar surface area (TPSA) is 121 Å². The third-order valence-electron chi connectivity index (χ3n) is 2.06. The Hall–Kier alpha value is -3.01. The van der Waals surface area contributed by atoms with Gasteiger partial charge in [-0.15, -0.1) is 0 Å². The van der Waals surface area contributed by atoms with Gasteiger partial charge < -0.3 is 10.4 Å². The molecule has 0 atom stereocenters. The molecule has 0 fully saturated rings. The molecule has 0 radical (unpaired) electrons. The van der Waals surface area contributed by atoms with E-state index in [2.05, 4.69) is 5.32 Å². The average Bonchev–Trinajstić information content (AvgIpc) is 2.40. The number of benzene rings is 1. The summed E-state index contributed by atoms with van der Waals surface area (Å²) < 4.78 is 0. The van der Waals surface area contributed by atoms with Crippen LogP contribution < -0.4 is 5.32 Å². The summed E-state index contributed by atoms with van der Waals surface area (Å²) in [5.41, 5.74) is -0.430. The van der Waals surface area contributed by atoms with Crippen LogP contribution in [-0.4, -0.2) is 11.1 Å². The van der Waals surface area contributed by atoms with Crippen molar-refractivity contribution in [2.45, 2.75) is 0 Å². The summed E-state index contributed by atoms with van der Waals surface area (Å²) >= 11 is 5.84. The molecule has 0 aliphatic rings. The van der Waals surface area contributed by atoms with Crippen LogP contribution in [0.15, 0.2) is 29.5 Å². The highest BCUT2D eigenvalue weighted by Gasteiger charge is 2.10. The number of nitrogens with zero attached hydrogens (tertiary/aromatic N) is 3. The lowest BCUT2D eigenvalue weighted by Gasteiger charge is -2.07. The van der Waals surface area contributed by atoms with E-state index < -0.39 is 5.97 Å². The van der Waals surface area contributed by atoms with E-state index in [0.29, 0.717) is 0 Å². The van der Waals surface area contributed by atoms with Gasteiger partial charge in [0.1, 0.15) is 23.9 Å². The van der Waals surface area contributed by atoms with Crippen LogP contribution in [0.4, 0.5) is 5.69 Å². The van der Waals surface area contributed by atoms with Crippen LogP contribution in [0.25, 0.3) is 0 Å². The number of halogens is 1. The third-order valence-corrected chi connectivity index (χ3v) is 2.37. The zero-order valence-corrected chi connectivity index (χ0v) is 10.1. The highest BCUT2D eigenvalue weighted by Crippen LogP contribution is 2.24. The van der Waals surface area contributed by atoms with Crippen LogP contribution in [0.3, 0.4) is 0 Å². The van der Waals surface area contributed by atoms with Gasteiger partial charge in [0.15, 0.2) is 5.57 Å². The minimum Gasteiger partial charge on any atom is -0.478 e. The van der Waals surface area contributed by atoms with Crippen LogP contribution in [0.1, 0.15) is 10.4 Å². The first-order valence-electron chi connectivity index (χ1n) is 4.78. The zero-order valence-electron chi connectivity index (χ0n) is 9.31. The van der Waals surface area contributed by atoms with E-state index in [9.17, 15) is 4.79 Å². The number of carboxylic acid groups (broad SMARTS) is 1. The summed E-state index contributed by atoms with van der Waals surface area (Å²) in [5.74, 6) is -1.14. The Morgan fingerprint density at radius 3 is 2.26 bits per heavy atom. The molecule has 0 aliphatic heterocycles. The maximum Gasteiger partial charge on any atom is 0.335 e. The van der Waals surface area contributed by atoms with E-state index in [1.54, 1.807) is 18.2 Å². The molecule has 0 unspecified atom stereocenters. The maximum atomic E-state index is 10.7. The monoisotopic (exact) mass is 272 g/mol. The predicted molar refractivity (Wildman–Crippen MR) is 65.9 cm³/mol. The van der Waals surface area contributed by atoms with Crippen molar-refractivity contribution in [1.29, 1.82) is 15.8 Å². The summed E-state index contributed by atoms with van der Waals surface area (Å²) in [4.78, 5) is 10.7. The summed E-state index contributed by atoms with van der Waals surface area (Å²) in [6.07, 6.45) is 0. The van der Waals surface area contributed by atoms with E-state index in [1.165, 1.54) is 18.2 Å². The Morgan fingerprint density at radius 2 is 1.84 bits per heavy atom. The van der Waals surface area contributed by atoms with E-state index in [1.807, 2.05) is 0 Å². The van der Waals surface area contributed by atoms with Crippen LogP contribution >= 0.6 is 11.6 Å². The average molecular weight is 273 g/mol. The molecule has 1 rings (SSSR count). The number of aromatic carboxylic acids is 1. The second-order valence-electron chi connectivity index (χ2n) is 3.21. The van der Waals surface area contributed by atoms with E-state index >= 15 is 0 Å². The van der Waals surface area contributed by atoms with Gasteiger partial charge in [0.2, 0.25) is 0 Å². The van der Waals surface area contributed by atoms with Crippen molar-refractivity contribution in [2.75, 3.05) is 5.32 Å². The maximum absolute atomic E-state index is 10.7. The number of carbonyl (C=O) groups is 1. The molecule has 7 heteroatoms. The van der Waals surface area contributed by atoms with Crippen LogP contribution in [0, 0.1) is 34.0 Å². The van der Waals surface area contributed by atoms with Gasteiger partial charge in [-0.05, 0) is 18.2 Å². The molecule has 0 aliphatic carbocycles. The molecule has 0 amide bonds. The van der Waals surface area contributed by atoms with Crippen LogP contribution in [0.5, 0.6) is 0 Å². The molecule has 0 saturated carbocycles. The van der Waals surface area contributed by atoms with Crippen molar-refractivity contribution in [3.05, 3.63) is 40.1 Å². The highest BCUT2D eigenvalue weighted by molar-refractivity contribution is 6.33. The first-order valence-corrected chi connectivity index (χ1v) is 5.15. The normalized spacial score (nSPS) is 8.53. The van der Waals surface area contributed by atoms with E-state index in [-0.39, 0.29) is 27.5 Å². The lowest BCUT2D eigenvalue weighted by atomic mass is 10.2. The third kappa shape index (κ3) is 3.23. The summed E-state index contributed by atoms with van der Waals surface area (Å²) in [5, 5.41) is 37.5. The summed E-state index contributed by atoms with van der Waals surface area (Å²) in [7, 11) is 0. The minimum absolute atomic E-state index is 0.0150. The molecule has 0 aromatic heterocycles. The first kappa shape index (κ1) is 14.1. The largest absolute Gasteiger partial charge is 0.478 e. The molecule has 92 valence electrons. The molecule has 1 aromatic rings. The number of rotatable bonds is 3. The molecular formula is C12H5ClN4O2. The molecular weight excluding hydrogens is 268 g/mol. The minimum atomic E-state index is -1.14. The lowest BCUT2D eigenvalue weighted by molar-refractivity contribution is 0.0697. The Kier molecular flexibility index (Phi) is 4.49. The van der Waals surface area contributed by atoms with Gasteiger partial charge in [0, 0.05) is 0 Å². The summed E-state index contributed by atoms with van der Waals surface area (Å²) in [6, 6.07) is 8.62. The Bertz CT molecular complexity index is 673. The van der Waals surface area contributed by atoms with E-state index in [0.717, 1.165) is 0 Å². The fourth-order valence-corrected chi connectivity index (χ4v) is 1.40. The quantitative estimate of drug-likeness (QED) is 0.814. The fraction of sp³-hybridized carbons (Fsp3) is 0. The predicted octanol–water partition coefficient (Wildman–Crippen LogP) is 2.27. The molecule has 0 saturated heterocycles. The molecule has 6 nitrogen and oxygen atoms in total. The van der Waals surface area contributed by atoms with Crippen molar-refractivity contribution in [3.8, 4) is 18.2 Å². The SMILES string of the molecule is N#CC(C#N)=C(C#N)Nc1ccc(C(=O)O)cc1Cl. The highest BCUT2D eigenvalue weighted by atomic mass is 35.5. The number of allylic oxidation sites excluding steroid dienone is 2. The molecule has 1 aromatic carbocycles. The van der Waals surface area contributed by atoms with Gasteiger partial charge in [-0.1, -0.05) is 11.6 Å². The Morgan fingerprint density at radius 1 is 1.21 bits per heavy atom. The van der Waals surface area contributed by atoms with Crippen molar-refractivity contribution in [1.82, 2.24) is 0 Å². The van der Waals surface area contributed by atoms with Crippen molar-refractivity contribution < 1.29 is 9.90 Å². The van der Waals surface area contributed by atoms with Crippen molar-refractivity contribution >= 4 is 23.3 Å². The number of nitrogens with one attached hydrogen (secondary N) is 1. The van der Waals surface area contributed by atoms with Gasteiger partial charge in [-0.3, -0.25) is 0 Å². The van der Waals surface area contributed by atoms with E-state index in [4.69, 9.17) is 32.5 Å². The molecule has 19 heavy (non-hydrogen) atoms. The standard InChI is InChI=1S/C12H5ClN4O2/c13-9-3-7(12(18)19)1-2-10(9)17-11(6-16)8(4-14)5-15/h1-3,17H,(H,18,19). The number of nitriles is 3. The fourth-order valence-electron chi connectivity index (χ4n) is 1.17. The molecule has 0 bridgehead atoms. The number of carboxylic acids is 1. The van der Waals surface area contributed by atoms with Crippen LogP contribution in [0.2, 0.25) is 5.02 Å². The number of anilines is 1.